The summed E-state index contributed by atoms with van der Waals surface area (Å²) in [5.41, 5.74) is 2.47. The molecule has 1 fully saturated rings. The minimum absolute atomic E-state index is 0.130. The van der Waals surface area contributed by atoms with E-state index in [1.165, 1.54) is 0 Å². The highest BCUT2D eigenvalue weighted by molar-refractivity contribution is 6.00. The Morgan fingerprint density at radius 1 is 1.00 bits per heavy atom. The third-order valence-electron chi connectivity index (χ3n) is 5.70. The van der Waals surface area contributed by atoms with Gasteiger partial charge in [-0.2, -0.15) is 0 Å². The summed E-state index contributed by atoms with van der Waals surface area (Å²) in [6.45, 7) is 2.05. The average Bonchev–Trinajstić information content (AvgIpc) is 2.78. The van der Waals surface area contributed by atoms with Gasteiger partial charge in [-0.15, -0.1) is 0 Å². The first-order chi connectivity index (χ1) is 15.1. The van der Waals surface area contributed by atoms with E-state index in [0.29, 0.717) is 17.3 Å². The Morgan fingerprint density at radius 2 is 1.77 bits per heavy atom. The van der Waals surface area contributed by atoms with Gasteiger partial charge in [-0.3, -0.25) is 9.69 Å². The van der Waals surface area contributed by atoms with Gasteiger partial charge in [-0.05, 0) is 61.4 Å². The molecule has 162 valence electrons. The van der Waals surface area contributed by atoms with Crippen molar-refractivity contribution in [1.29, 1.82) is 0 Å². The molecule has 0 aliphatic carbocycles. The molecule has 3 heterocycles. The predicted molar refractivity (Wildman–Crippen MR) is 120 cm³/mol. The zero-order chi connectivity index (χ0) is 21.8. The van der Waals surface area contributed by atoms with Gasteiger partial charge in [0.1, 0.15) is 11.9 Å². The molecule has 1 amide bonds. The molecule has 3 aliphatic heterocycles. The lowest BCUT2D eigenvalue weighted by molar-refractivity contribution is -0.122. The summed E-state index contributed by atoms with van der Waals surface area (Å²) in [5.74, 6) is 1.85. The zero-order valence-electron chi connectivity index (χ0n) is 18.2. The number of fused-ring (bicyclic) bond motifs is 1. The molecule has 1 saturated heterocycles. The van der Waals surface area contributed by atoms with Gasteiger partial charge in [0.2, 0.25) is 0 Å². The van der Waals surface area contributed by atoms with Crippen LogP contribution < -0.4 is 9.47 Å². The van der Waals surface area contributed by atoms with Crippen LogP contribution in [-0.4, -0.2) is 56.2 Å². The molecule has 0 atom stereocenters. The van der Waals surface area contributed by atoms with Gasteiger partial charge in [-0.25, -0.2) is 0 Å². The zero-order valence-corrected chi connectivity index (χ0v) is 18.2. The van der Waals surface area contributed by atoms with Crippen LogP contribution in [0.25, 0.3) is 5.57 Å². The van der Waals surface area contributed by atoms with Gasteiger partial charge in [-0.1, -0.05) is 18.2 Å². The third-order valence-corrected chi connectivity index (χ3v) is 5.70. The van der Waals surface area contributed by atoms with Gasteiger partial charge < -0.3 is 19.1 Å². The summed E-state index contributed by atoms with van der Waals surface area (Å²) in [6, 6.07) is 5.62. The van der Waals surface area contributed by atoms with Crippen molar-refractivity contribution >= 4 is 11.5 Å². The molecule has 1 aromatic rings. The van der Waals surface area contributed by atoms with E-state index < -0.39 is 0 Å². The first-order valence-electron chi connectivity index (χ1n) is 10.5. The van der Waals surface area contributed by atoms with Crippen molar-refractivity contribution in [2.75, 3.05) is 34.4 Å². The number of nitrogens with zero attached hydrogens (tertiary/aromatic N) is 2. The Bertz CT molecular complexity index is 995. The summed E-state index contributed by atoms with van der Waals surface area (Å²) in [4.78, 5) is 17.1. The maximum absolute atomic E-state index is 13.1. The van der Waals surface area contributed by atoms with Crippen LogP contribution in [0.2, 0.25) is 0 Å². The Balaban J connectivity index is 1.57. The van der Waals surface area contributed by atoms with E-state index in [1.807, 2.05) is 48.6 Å². The number of hydrogen-bond acceptors (Lipinski definition) is 5. The van der Waals surface area contributed by atoms with E-state index in [9.17, 15) is 4.79 Å². The fourth-order valence-electron chi connectivity index (χ4n) is 3.88. The van der Waals surface area contributed by atoms with Crippen LogP contribution in [0.4, 0.5) is 0 Å². The van der Waals surface area contributed by atoms with Crippen LogP contribution in [0.3, 0.4) is 0 Å². The molecule has 6 nitrogen and oxygen atoms in total. The van der Waals surface area contributed by atoms with E-state index in [4.69, 9.17) is 14.2 Å². The Hall–Kier alpha value is -3.25. The van der Waals surface area contributed by atoms with Crippen LogP contribution >= 0.6 is 0 Å². The van der Waals surface area contributed by atoms with Crippen molar-refractivity contribution in [1.82, 2.24) is 9.80 Å². The lowest BCUT2D eigenvalue weighted by Gasteiger charge is -2.31. The van der Waals surface area contributed by atoms with E-state index in [0.717, 1.165) is 42.8 Å². The summed E-state index contributed by atoms with van der Waals surface area (Å²) >= 11 is 0. The second kappa shape index (κ2) is 9.27. The van der Waals surface area contributed by atoms with E-state index in [1.54, 1.807) is 31.4 Å². The van der Waals surface area contributed by atoms with Gasteiger partial charge >= 0.3 is 0 Å². The van der Waals surface area contributed by atoms with Crippen molar-refractivity contribution in [3.63, 3.8) is 0 Å². The summed E-state index contributed by atoms with van der Waals surface area (Å²) < 4.78 is 16.9. The van der Waals surface area contributed by atoms with E-state index >= 15 is 0 Å². The standard InChI is InChI=1S/C25H28N2O4/c1-26-13-11-21(12-14-26)31-22-9-8-20-6-4-5-18(16-25(28)27(20)17-22)19-7-10-23(29-2)24(15-19)30-3/h4-10,15-17,21H,11-14H2,1-3H3/b5-4?,18-16?,20-6+. The topological polar surface area (TPSA) is 51.2 Å². The predicted octanol–water partition coefficient (Wildman–Crippen LogP) is 3.89. The molecule has 0 saturated carbocycles. The molecule has 0 spiro atoms. The highest BCUT2D eigenvalue weighted by atomic mass is 16.5. The maximum Gasteiger partial charge on any atom is 0.255 e. The van der Waals surface area contributed by atoms with E-state index in [-0.39, 0.29) is 12.0 Å². The largest absolute Gasteiger partial charge is 0.493 e. The number of methoxy groups -OCH3 is 2. The quantitative estimate of drug-likeness (QED) is 0.723. The number of likely N-dealkylation sites (tertiary alicyclic amines) is 1. The second-order valence-corrected chi connectivity index (χ2v) is 7.81. The normalized spacial score (nSPS) is 21.3. The molecule has 31 heavy (non-hydrogen) atoms. The third kappa shape index (κ3) is 4.75. The lowest BCUT2D eigenvalue weighted by atomic mass is 10.0. The molecule has 0 N–H and O–H groups in total. The Labute approximate surface area is 183 Å². The molecular weight excluding hydrogens is 392 g/mol. The Kier molecular flexibility index (Phi) is 6.28. The smallest absolute Gasteiger partial charge is 0.255 e. The van der Waals surface area contributed by atoms with Crippen molar-refractivity contribution in [3.8, 4) is 11.5 Å². The fraction of sp³-hybridized carbons (Fsp3) is 0.320. The van der Waals surface area contributed by atoms with Crippen LogP contribution in [0.1, 0.15) is 18.4 Å². The number of carbonyl (C=O) groups excluding carboxylic acids is 1. The lowest BCUT2D eigenvalue weighted by Crippen LogP contribution is -2.34. The van der Waals surface area contributed by atoms with Crippen molar-refractivity contribution in [2.45, 2.75) is 18.9 Å². The van der Waals surface area contributed by atoms with Gasteiger partial charge in [0.05, 0.1) is 20.4 Å². The number of carbonyl (C=O) groups is 1. The highest BCUT2D eigenvalue weighted by Crippen LogP contribution is 2.32. The molecule has 1 aromatic carbocycles. The maximum atomic E-state index is 13.1. The molecule has 0 unspecified atom stereocenters. The SMILES string of the molecule is COc1ccc(C2=CC(=O)N3C=C(OC4CCN(C)CC4)C=C/C3=C\C=C2)cc1OC. The average molecular weight is 421 g/mol. The van der Waals surface area contributed by atoms with Crippen LogP contribution in [0, 0.1) is 0 Å². The van der Waals surface area contributed by atoms with Crippen LogP contribution in [0.5, 0.6) is 11.5 Å². The van der Waals surface area contributed by atoms with Gasteiger partial charge in [0.25, 0.3) is 5.91 Å². The van der Waals surface area contributed by atoms with Crippen molar-refractivity contribution in [3.05, 3.63) is 77.9 Å². The monoisotopic (exact) mass is 420 g/mol. The number of hydrogen-bond donors (Lipinski definition) is 0. The summed E-state index contributed by atoms with van der Waals surface area (Å²) in [7, 11) is 5.33. The first-order valence-corrected chi connectivity index (χ1v) is 10.5. The van der Waals surface area contributed by atoms with Crippen molar-refractivity contribution < 1.29 is 19.0 Å². The molecule has 0 radical (unpaired) electrons. The molecule has 0 bridgehead atoms. The number of ether oxygens (including phenoxy) is 3. The van der Waals surface area contributed by atoms with Gasteiger partial charge in [0.15, 0.2) is 11.5 Å². The molecule has 6 heteroatoms. The number of amides is 1. The Morgan fingerprint density at radius 3 is 2.52 bits per heavy atom. The molecule has 4 rings (SSSR count). The summed E-state index contributed by atoms with van der Waals surface area (Å²) in [6.07, 6.45) is 15.2. The number of piperidine rings is 1. The summed E-state index contributed by atoms with van der Waals surface area (Å²) in [5, 5.41) is 0. The minimum atomic E-state index is -0.130. The molecular formula is C25H28N2O4. The second-order valence-electron chi connectivity index (χ2n) is 7.81. The van der Waals surface area contributed by atoms with Crippen LogP contribution in [-0.2, 0) is 9.53 Å². The molecule has 3 aliphatic rings. The fourth-order valence-corrected chi connectivity index (χ4v) is 3.88. The van der Waals surface area contributed by atoms with Crippen molar-refractivity contribution in [2.24, 2.45) is 0 Å². The van der Waals surface area contributed by atoms with E-state index in [2.05, 4.69) is 11.9 Å². The molecule has 0 aromatic heterocycles. The first kappa shape index (κ1) is 21.0. The highest BCUT2D eigenvalue weighted by Gasteiger charge is 2.23. The number of allylic oxidation sites excluding steroid dienone is 6. The minimum Gasteiger partial charge on any atom is -0.493 e. The van der Waals surface area contributed by atoms with Gasteiger partial charge in [0, 0.05) is 24.9 Å². The van der Waals surface area contributed by atoms with Crippen LogP contribution in [0.15, 0.2) is 72.3 Å². The number of benzene rings is 1. The number of rotatable bonds is 5.